The minimum absolute atomic E-state index is 0.0770. The van der Waals surface area contributed by atoms with Gasteiger partial charge < -0.3 is 20.0 Å². The number of benzene rings is 1. The minimum atomic E-state index is -0.781. The SMILES string of the molecule is OC1CN(c2cc(-c3cnc4ccc(N5CCCC5c5cccc(F)c5)nn34)ccn2)CC1O. The van der Waals surface area contributed by atoms with E-state index in [2.05, 4.69) is 14.9 Å². The number of fused-ring (bicyclic) bond motifs is 1. The third-order valence-electron chi connectivity index (χ3n) is 6.75. The van der Waals surface area contributed by atoms with Crippen LogP contribution in [0.5, 0.6) is 0 Å². The number of aliphatic hydroxyl groups excluding tert-OH is 2. The molecule has 0 spiro atoms. The van der Waals surface area contributed by atoms with Crippen molar-refractivity contribution in [1.29, 1.82) is 0 Å². The molecule has 8 nitrogen and oxygen atoms in total. The summed E-state index contributed by atoms with van der Waals surface area (Å²) < 4.78 is 15.7. The number of nitrogens with zero attached hydrogens (tertiary/aromatic N) is 6. The predicted octanol–water partition coefficient (Wildman–Crippen LogP) is 2.81. The van der Waals surface area contributed by atoms with E-state index < -0.39 is 12.2 Å². The fourth-order valence-electron chi connectivity index (χ4n) is 5.02. The molecule has 2 fully saturated rings. The summed E-state index contributed by atoms with van der Waals surface area (Å²) in [5.74, 6) is 1.28. The Balaban J connectivity index is 1.35. The third-order valence-corrected chi connectivity index (χ3v) is 6.75. The van der Waals surface area contributed by atoms with Crippen molar-refractivity contribution in [3.63, 3.8) is 0 Å². The zero-order chi connectivity index (χ0) is 23.2. The zero-order valence-electron chi connectivity index (χ0n) is 18.5. The van der Waals surface area contributed by atoms with Crippen LogP contribution >= 0.6 is 0 Å². The topological polar surface area (TPSA) is 90.0 Å². The van der Waals surface area contributed by atoms with Crippen molar-refractivity contribution in [2.45, 2.75) is 31.1 Å². The molecule has 4 aromatic rings. The number of aliphatic hydroxyl groups is 2. The van der Waals surface area contributed by atoms with Gasteiger partial charge in [0.25, 0.3) is 0 Å². The standard InChI is InChI=1S/C25H25FN6O2/c26-18-4-1-3-16(11-18)19-5-2-10-31(19)24-7-6-23-28-13-20(32(23)29-24)17-8-9-27-25(12-17)30-14-21(33)22(34)15-30/h1,3-4,6-9,11-13,19,21-22,33-34H,2,5,10,14-15H2. The highest BCUT2D eigenvalue weighted by molar-refractivity contribution is 5.67. The van der Waals surface area contributed by atoms with Crippen LogP contribution in [0.2, 0.25) is 0 Å². The smallest absolute Gasteiger partial charge is 0.154 e. The molecule has 0 radical (unpaired) electrons. The Labute approximate surface area is 195 Å². The lowest BCUT2D eigenvalue weighted by Gasteiger charge is -2.26. The van der Waals surface area contributed by atoms with Crippen LogP contribution in [0, 0.1) is 5.82 Å². The number of rotatable bonds is 4. The van der Waals surface area contributed by atoms with Gasteiger partial charge in [-0.1, -0.05) is 12.1 Å². The second-order valence-corrected chi connectivity index (χ2v) is 8.95. The summed E-state index contributed by atoms with van der Waals surface area (Å²) >= 11 is 0. The second-order valence-electron chi connectivity index (χ2n) is 8.95. The normalized spacial score (nSPS) is 22.7. The Kier molecular flexibility index (Phi) is 5.15. The molecule has 34 heavy (non-hydrogen) atoms. The maximum absolute atomic E-state index is 13.9. The molecule has 2 N–H and O–H groups in total. The quantitative estimate of drug-likeness (QED) is 0.484. The molecule has 2 aliphatic rings. The summed E-state index contributed by atoms with van der Waals surface area (Å²) in [4.78, 5) is 13.0. The van der Waals surface area contributed by atoms with Crippen LogP contribution in [-0.2, 0) is 0 Å². The molecule has 5 heterocycles. The molecule has 0 bridgehead atoms. The molecule has 0 aliphatic carbocycles. The highest BCUT2D eigenvalue weighted by Gasteiger charge is 2.31. The van der Waals surface area contributed by atoms with E-state index in [9.17, 15) is 14.6 Å². The molecule has 0 saturated carbocycles. The van der Waals surface area contributed by atoms with Crippen molar-refractivity contribution < 1.29 is 14.6 Å². The highest BCUT2D eigenvalue weighted by Crippen LogP contribution is 2.36. The van der Waals surface area contributed by atoms with Gasteiger partial charge in [0.2, 0.25) is 0 Å². The lowest BCUT2D eigenvalue weighted by atomic mass is 10.0. The number of aromatic nitrogens is 4. The number of pyridine rings is 1. The second kappa shape index (κ2) is 8.34. The van der Waals surface area contributed by atoms with Crippen LogP contribution in [0.3, 0.4) is 0 Å². The lowest BCUT2D eigenvalue weighted by molar-refractivity contribution is 0.0572. The molecule has 6 rings (SSSR count). The molecular formula is C25H25FN6O2. The van der Waals surface area contributed by atoms with Crippen LogP contribution in [0.25, 0.3) is 16.9 Å². The number of anilines is 2. The Bertz CT molecular complexity index is 1330. The van der Waals surface area contributed by atoms with E-state index in [1.165, 1.54) is 6.07 Å². The van der Waals surface area contributed by atoms with E-state index in [1.54, 1.807) is 24.5 Å². The Morgan fingerprint density at radius 3 is 2.62 bits per heavy atom. The van der Waals surface area contributed by atoms with Gasteiger partial charge in [-0.2, -0.15) is 0 Å². The number of halogens is 1. The van der Waals surface area contributed by atoms with Crippen LogP contribution in [0.1, 0.15) is 24.4 Å². The summed E-state index contributed by atoms with van der Waals surface area (Å²) in [5, 5.41) is 24.7. The van der Waals surface area contributed by atoms with E-state index >= 15 is 0 Å². The Morgan fingerprint density at radius 1 is 0.941 bits per heavy atom. The molecule has 2 aliphatic heterocycles. The summed E-state index contributed by atoms with van der Waals surface area (Å²) in [6.45, 7) is 1.52. The molecule has 1 aromatic carbocycles. The summed E-state index contributed by atoms with van der Waals surface area (Å²) in [5.41, 5.74) is 3.40. The van der Waals surface area contributed by atoms with Crippen molar-refractivity contribution in [3.05, 3.63) is 72.3 Å². The van der Waals surface area contributed by atoms with Crippen molar-refractivity contribution in [2.24, 2.45) is 0 Å². The average molecular weight is 461 g/mol. The maximum Gasteiger partial charge on any atom is 0.154 e. The van der Waals surface area contributed by atoms with E-state index in [1.807, 2.05) is 39.7 Å². The fourth-order valence-corrected chi connectivity index (χ4v) is 5.02. The number of hydrogen-bond donors (Lipinski definition) is 2. The van der Waals surface area contributed by atoms with E-state index in [0.717, 1.165) is 47.7 Å². The maximum atomic E-state index is 13.9. The first kappa shape index (κ1) is 21.0. The van der Waals surface area contributed by atoms with Crippen LogP contribution in [0.15, 0.2) is 60.9 Å². The van der Waals surface area contributed by atoms with E-state index in [0.29, 0.717) is 18.9 Å². The van der Waals surface area contributed by atoms with Gasteiger partial charge in [-0.3, -0.25) is 0 Å². The molecule has 3 aromatic heterocycles. The van der Waals surface area contributed by atoms with Crippen LogP contribution in [-0.4, -0.2) is 61.6 Å². The average Bonchev–Trinajstić information content (AvgIpc) is 3.57. The summed E-state index contributed by atoms with van der Waals surface area (Å²) in [6.07, 6.45) is 3.90. The van der Waals surface area contributed by atoms with Gasteiger partial charge in [-0.05, 0) is 54.8 Å². The minimum Gasteiger partial charge on any atom is -0.389 e. The monoisotopic (exact) mass is 460 g/mol. The van der Waals surface area contributed by atoms with Gasteiger partial charge in [0.05, 0.1) is 30.1 Å². The summed E-state index contributed by atoms with van der Waals surface area (Å²) in [7, 11) is 0. The van der Waals surface area contributed by atoms with Gasteiger partial charge in [-0.25, -0.2) is 18.9 Å². The predicted molar refractivity (Wildman–Crippen MR) is 126 cm³/mol. The van der Waals surface area contributed by atoms with Gasteiger partial charge in [0, 0.05) is 31.4 Å². The molecule has 174 valence electrons. The van der Waals surface area contributed by atoms with Gasteiger partial charge in [0.15, 0.2) is 5.65 Å². The first-order chi connectivity index (χ1) is 16.6. The third kappa shape index (κ3) is 3.66. The van der Waals surface area contributed by atoms with Crippen molar-refractivity contribution in [1.82, 2.24) is 19.6 Å². The first-order valence-corrected chi connectivity index (χ1v) is 11.5. The van der Waals surface area contributed by atoms with E-state index in [-0.39, 0.29) is 11.9 Å². The van der Waals surface area contributed by atoms with Crippen molar-refractivity contribution >= 4 is 17.3 Å². The molecule has 9 heteroatoms. The Hall–Kier alpha value is -3.56. The summed E-state index contributed by atoms with van der Waals surface area (Å²) in [6, 6.07) is 14.6. The van der Waals surface area contributed by atoms with Gasteiger partial charge in [0.1, 0.15) is 17.5 Å². The van der Waals surface area contributed by atoms with Gasteiger partial charge in [-0.15, -0.1) is 5.10 Å². The molecule has 3 atom stereocenters. The number of imidazole rings is 1. The highest BCUT2D eigenvalue weighted by atomic mass is 19.1. The fraction of sp³-hybridized carbons (Fsp3) is 0.320. The Morgan fingerprint density at radius 2 is 1.79 bits per heavy atom. The number of β-amino-alcohol motifs (C(OH)–C–C–N with tert-alkyl or cyclic N) is 2. The largest absolute Gasteiger partial charge is 0.389 e. The van der Waals surface area contributed by atoms with Crippen LogP contribution < -0.4 is 9.80 Å². The van der Waals surface area contributed by atoms with Crippen molar-refractivity contribution in [2.75, 3.05) is 29.4 Å². The van der Waals surface area contributed by atoms with E-state index in [4.69, 9.17) is 5.10 Å². The molecule has 2 saturated heterocycles. The molecule has 0 amide bonds. The van der Waals surface area contributed by atoms with Crippen molar-refractivity contribution in [3.8, 4) is 11.3 Å². The molecule has 3 unspecified atom stereocenters. The van der Waals surface area contributed by atoms with Gasteiger partial charge >= 0.3 is 0 Å². The molecular weight excluding hydrogens is 435 g/mol. The first-order valence-electron chi connectivity index (χ1n) is 11.5. The lowest BCUT2D eigenvalue weighted by Crippen LogP contribution is -2.24. The zero-order valence-corrected chi connectivity index (χ0v) is 18.5. The number of hydrogen-bond acceptors (Lipinski definition) is 7. The van der Waals surface area contributed by atoms with Crippen LogP contribution in [0.4, 0.5) is 16.0 Å².